The molecule has 2 aromatic carbocycles. The zero-order valence-electron chi connectivity index (χ0n) is 15.0. The van der Waals surface area contributed by atoms with E-state index in [0.29, 0.717) is 0 Å². The molecule has 1 fully saturated rings. The lowest BCUT2D eigenvalue weighted by Gasteiger charge is -2.37. The van der Waals surface area contributed by atoms with Crippen molar-refractivity contribution < 1.29 is 0 Å². The quantitative estimate of drug-likeness (QED) is 0.791. The third-order valence-corrected chi connectivity index (χ3v) is 5.51. The van der Waals surface area contributed by atoms with Gasteiger partial charge in [-0.3, -0.25) is 4.90 Å². The second-order valence-electron chi connectivity index (χ2n) is 6.89. The fourth-order valence-corrected chi connectivity index (χ4v) is 3.77. The first kappa shape index (κ1) is 18.4. The normalized spacial score (nSPS) is 16.8. The van der Waals surface area contributed by atoms with Gasteiger partial charge in [0.1, 0.15) is 0 Å². The van der Waals surface area contributed by atoms with Crippen molar-refractivity contribution in [1.82, 2.24) is 4.90 Å². The number of halogens is 1. The van der Waals surface area contributed by atoms with E-state index in [9.17, 15) is 0 Å². The van der Waals surface area contributed by atoms with Crippen LogP contribution in [0.15, 0.2) is 53.0 Å². The molecule has 2 aromatic rings. The average molecular weight is 402 g/mol. The van der Waals surface area contributed by atoms with Crippen LogP contribution in [0.4, 0.5) is 5.69 Å². The van der Waals surface area contributed by atoms with Crippen molar-refractivity contribution in [1.29, 1.82) is 0 Å². The van der Waals surface area contributed by atoms with E-state index in [1.807, 2.05) is 0 Å². The molecule has 0 saturated carbocycles. The van der Waals surface area contributed by atoms with Crippen molar-refractivity contribution in [2.45, 2.75) is 32.4 Å². The molecule has 0 spiro atoms. The first-order valence-electron chi connectivity index (χ1n) is 9.21. The SMILES string of the molecule is CCC(N)Cc1ccc(Br)cc1N1CCN(Cc2ccccc2)CC1. The average Bonchev–Trinajstić information content (AvgIpc) is 2.64. The summed E-state index contributed by atoms with van der Waals surface area (Å²) in [5, 5.41) is 0. The van der Waals surface area contributed by atoms with Gasteiger partial charge in [0.05, 0.1) is 0 Å². The Balaban J connectivity index is 1.65. The number of nitrogens with zero attached hydrogens (tertiary/aromatic N) is 2. The van der Waals surface area contributed by atoms with E-state index in [1.54, 1.807) is 0 Å². The molecule has 0 aromatic heterocycles. The van der Waals surface area contributed by atoms with Crippen LogP contribution in [-0.4, -0.2) is 37.1 Å². The van der Waals surface area contributed by atoms with Gasteiger partial charge in [-0.05, 0) is 36.1 Å². The molecule has 1 saturated heterocycles. The van der Waals surface area contributed by atoms with Gasteiger partial charge in [-0.25, -0.2) is 0 Å². The van der Waals surface area contributed by atoms with Gasteiger partial charge in [0.15, 0.2) is 0 Å². The maximum atomic E-state index is 6.21. The molecule has 3 rings (SSSR count). The van der Waals surface area contributed by atoms with Gasteiger partial charge >= 0.3 is 0 Å². The Hall–Kier alpha value is -1.36. The van der Waals surface area contributed by atoms with Gasteiger partial charge in [-0.15, -0.1) is 0 Å². The van der Waals surface area contributed by atoms with Crippen molar-refractivity contribution in [2.75, 3.05) is 31.1 Å². The molecular weight excluding hydrogens is 374 g/mol. The zero-order valence-corrected chi connectivity index (χ0v) is 16.6. The highest BCUT2D eigenvalue weighted by molar-refractivity contribution is 9.10. The molecular formula is C21H28BrN3. The highest BCUT2D eigenvalue weighted by Crippen LogP contribution is 2.27. The number of nitrogens with two attached hydrogens (primary N) is 1. The predicted octanol–water partition coefficient (Wildman–Crippen LogP) is 4.05. The molecule has 0 aliphatic carbocycles. The standard InChI is InChI=1S/C21H28BrN3/c1-2-20(23)14-18-8-9-19(22)15-21(18)25-12-10-24(11-13-25)16-17-6-4-3-5-7-17/h3-9,15,20H,2,10-14,16,23H2,1H3. The zero-order chi connectivity index (χ0) is 17.6. The Bertz CT molecular complexity index is 666. The van der Waals surface area contributed by atoms with E-state index in [-0.39, 0.29) is 6.04 Å². The summed E-state index contributed by atoms with van der Waals surface area (Å²) in [5.41, 5.74) is 10.3. The summed E-state index contributed by atoms with van der Waals surface area (Å²) in [5.74, 6) is 0. The second kappa shape index (κ2) is 8.84. The van der Waals surface area contributed by atoms with Crippen molar-refractivity contribution in [3.05, 3.63) is 64.1 Å². The van der Waals surface area contributed by atoms with Gasteiger partial charge in [-0.1, -0.05) is 59.3 Å². The minimum atomic E-state index is 0.235. The summed E-state index contributed by atoms with van der Waals surface area (Å²) in [7, 11) is 0. The fourth-order valence-electron chi connectivity index (χ4n) is 3.42. The molecule has 0 bridgehead atoms. The molecule has 1 unspecified atom stereocenters. The summed E-state index contributed by atoms with van der Waals surface area (Å²) in [6.45, 7) is 7.53. The van der Waals surface area contributed by atoms with Crippen LogP contribution in [0.5, 0.6) is 0 Å². The van der Waals surface area contributed by atoms with Gasteiger partial charge < -0.3 is 10.6 Å². The number of hydrogen-bond acceptors (Lipinski definition) is 3. The van der Waals surface area contributed by atoms with Crippen molar-refractivity contribution in [3.8, 4) is 0 Å². The van der Waals surface area contributed by atoms with E-state index < -0.39 is 0 Å². The fraction of sp³-hybridized carbons (Fsp3) is 0.429. The molecule has 4 heteroatoms. The summed E-state index contributed by atoms with van der Waals surface area (Å²) in [6.07, 6.45) is 1.96. The molecule has 25 heavy (non-hydrogen) atoms. The first-order chi connectivity index (χ1) is 12.2. The highest BCUT2D eigenvalue weighted by atomic mass is 79.9. The van der Waals surface area contributed by atoms with Crippen LogP contribution in [0.25, 0.3) is 0 Å². The van der Waals surface area contributed by atoms with Gasteiger partial charge in [0.2, 0.25) is 0 Å². The first-order valence-corrected chi connectivity index (χ1v) is 10.00. The summed E-state index contributed by atoms with van der Waals surface area (Å²) >= 11 is 3.63. The van der Waals surface area contributed by atoms with Gasteiger partial charge in [-0.2, -0.15) is 0 Å². The van der Waals surface area contributed by atoms with Gasteiger partial charge in [0, 0.05) is 48.9 Å². The van der Waals surface area contributed by atoms with Gasteiger partial charge in [0.25, 0.3) is 0 Å². The van der Waals surface area contributed by atoms with Crippen molar-refractivity contribution >= 4 is 21.6 Å². The number of piperazine rings is 1. The third-order valence-electron chi connectivity index (χ3n) is 5.02. The van der Waals surface area contributed by atoms with E-state index in [4.69, 9.17) is 5.73 Å². The highest BCUT2D eigenvalue weighted by Gasteiger charge is 2.20. The summed E-state index contributed by atoms with van der Waals surface area (Å²) < 4.78 is 1.14. The number of benzene rings is 2. The van der Waals surface area contributed by atoms with E-state index >= 15 is 0 Å². The molecule has 1 aliphatic heterocycles. The van der Waals surface area contributed by atoms with Crippen LogP contribution >= 0.6 is 15.9 Å². The largest absolute Gasteiger partial charge is 0.369 e. The minimum Gasteiger partial charge on any atom is -0.369 e. The smallest absolute Gasteiger partial charge is 0.0411 e. The Kier molecular flexibility index (Phi) is 6.51. The number of hydrogen-bond donors (Lipinski definition) is 1. The van der Waals surface area contributed by atoms with Crippen LogP contribution in [0.1, 0.15) is 24.5 Å². The molecule has 134 valence electrons. The topological polar surface area (TPSA) is 32.5 Å². The van der Waals surface area contributed by atoms with Crippen LogP contribution in [0.2, 0.25) is 0 Å². The monoisotopic (exact) mass is 401 g/mol. The molecule has 1 aliphatic rings. The van der Waals surface area contributed by atoms with E-state index in [1.165, 1.54) is 16.8 Å². The third kappa shape index (κ3) is 5.06. The lowest BCUT2D eigenvalue weighted by molar-refractivity contribution is 0.249. The Morgan fingerprint density at radius 3 is 2.44 bits per heavy atom. The predicted molar refractivity (Wildman–Crippen MR) is 110 cm³/mol. The summed E-state index contributed by atoms with van der Waals surface area (Å²) in [4.78, 5) is 5.06. The Labute approximate surface area is 159 Å². The second-order valence-corrected chi connectivity index (χ2v) is 7.81. The maximum absolute atomic E-state index is 6.21. The molecule has 1 heterocycles. The van der Waals surface area contributed by atoms with Crippen LogP contribution in [-0.2, 0) is 13.0 Å². The minimum absolute atomic E-state index is 0.235. The van der Waals surface area contributed by atoms with Crippen molar-refractivity contribution in [3.63, 3.8) is 0 Å². The molecule has 2 N–H and O–H groups in total. The van der Waals surface area contributed by atoms with Crippen LogP contribution in [0.3, 0.4) is 0 Å². The number of anilines is 1. The molecule has 0 amide bonds. The molecule has 1 atom stereocenters. The van der Waals surface area contributed by atoms with E-state index in [2.05, 4.69) is 81.2 Å². The Morgan fingerprint density at radius 2 is 1.76 bits per heavy atom. The lowest BCUT2D eigenvalue weighted by atomic mass is 10.0. The maximum Gasteiger partial charge on any atom is 0.0411 e. The Morgan fingerprint density at radius 1 is 1.04 bits per heavy atom. The lowest BCUT2D eigenvalue weighted by Crippen LogP contribution is -2.46. The summed E-state index contributed by atoms with van der Waals surface area (Å²) in [6, 6.07) is 17.6. The molecule has 0 radical (unpaired) electrons. The van der Waals surface area contributed by atoms with Crippen molar-refractivity contribution in [2.24, 2.45) is 5.73 Å². The number of rotatable bonds is 6. The van der Waals surface area contributed by atoms with Crippen LogP contribution in [0, 0.1) is 0 Å². The van der Waals surface area contributed by atoms with E-state index in [0.717, 1.165) is 50.0 Å². The van der Waals surface area contributed by atoms with Crippen LogP contribution < -0.4 is 10.6 Å². The molecule has 3 nitrogen and oxygen atoms in total.